The van der Waals surface area contributed by atoms with Gasteiger partial charge < -0.3 is 5.32 Å². The molecule has 1 amide bonds. The lowest BCUT2D eigenvalue weighted by Crippen LogP contribution is -2.25. The van der Waals surface area contributed by atoms with E-state index in [9.17, 15) is 4.79 Å². The van der Waals surface area contributed by atoms with E-state index in [4.69, 9.17) is 0 Å². The molecule has 0 aliphatic rings. The first-order chi connectivity index (χ1) is 12.3. The molecule has 0 saturated heterocycles. The zero-order valence-electron chi connectivity index (χ0n) is 13.2. The molecule has 0 saturated carbocycles. The highest BCUT2D eigenvalue weighted by molar-refractivity contribution is 7.08. The predicted octanol–water partition coefficient (Wildman–Crippen LogP) is 3.68. The summed E-state index contributed by atoms with van der Waals surface area (Å²) in [6.07, 6.45) is 4.94. The van der Waals surface area contributed by atoms with E-state index in [1.165, 1.54) is 0 Å². The van der Waals surface area contributed by atoms with Crippen LogP contribution >= 0.6 is 11.3 Å². The van der Waals surface area contributed by atoms with Crippen molar-refractivity contribution in [3.63, 3.8) is 0 Å². The number of hydrogen-bond acceptors (Lipinski definition) is 5. The smallest absolute Gasteiger partial charge is 0.270 e. The molecule has 0 radical (unpaired) electrons. The zero-order chi connectivity index (χ0) is 17.1. The summed E-state index contributed by atoms with van der Waals surface area (Å²) in [5.74, 6) is -0.223. The lowest BCUT2D eigenvalue weighted by atomic mass is 10.1. The Bertz CT molecular complexity index is 1030. The van der Waals surface area contributed by atoms with Crippen LogP contribution in [0.25, 0.3) is 22.0 Å². The largest absolute Gasteiger partial charge is 0.345 e. The van der Waals surface area contributed by atoms with Crippen molar-refractivity contribution in [1.29, 1.82) is 0 Å². The topological polar surface area (TPSA) is 67.8 Å². The fraction of sp³-hybridized carbons (Fsp3) is 0.0526. The Labute approximate surface area is 148 Å². The van der Waals surface area contributed by atoms with E-state index in [-0.39, 0.29) is 5.91 Å². The third kappa shape index (κ3) is 3.12. The first-order valence-corrected chi connectivity index (χ1v) is 8.71. The monoisotopic (exact) mass is 346 g/mol. The third-order valence-electron chi connectivity index (χ3n) is 3.87. The van der Waals surface area contributed by atoms with Crippen LogP contribution in [0, 0.1) is 0 Å². The lowest BCUT2D eigenvalue weighted by Gasteiger charge is -2.09. The van der Waals surface area contributed by atoms with Gasteiger partial charge >= 0.3 is 0 Å². The summed E-state index contributed by atoms with van der Waals surface area (Å²) in [4.78, 5) is 25.6. The number of nitrogens with one attached hydrogen (secondary N) is 1. The van der Waals surface area contributed by atoms with Crippen molar-refractivity contribution in [2.24, 2.45) is 0 Å². The van der Waals surface area contributed by atoms with Crippen molar-refractivity contribution in [2.45, 2.75) is 6.54 Å². The molecule has 0 unspecified atom stereocenters. The molecule has 1 aromatic carbocycles. The summed E-state index contributed by atoms with van der Waals surface area (Å²) >= 11 is 1.60. The second-order valence-corrected chi connectivity index (χ2v) is 6.21. The quantitative estimate of drug-likeness (QED) is 0.612. The molecular weight excluding hydrogens is 332 g/mol. The van der Waals surface area contributed by atoms with E-state index in [1.807, 2.05) is 47.2 Å². The fourth-order valence-corrected chi connectivity index (χ4v) is 3.33. The number of fused-ring (bicyclic) bond motifs is 1. The van der Waals surface area contributed by atoms with Gasteiger partial charge in [0.1, 0.15) is 5.69 Å². The first-order valence-electron chi connectivity index (χ1n) is 7.77. The van der Waals surface area contributed by atoms with Gasteiger partial charge in [-0.25, -0.2) is 0 Å². The molecule has 0 spiro atoms. The molecule has 6 heteroatoms. The number of rotatable bonds is 4. The van der Waals surface area contributed by atoms with Gasteiger partial charge in [0.05, 0.1) is 17.9 Å². The number of carbonyl (C=O) groups excluding carboxylic acids is 1. The van der Waals surface area contributed by atoms with E-state index < -0.39 is 0 Å². The van der Waals surface area contributed by atoms with Crippen molar-refractivity contribution < 1.29 is 4.79 Å². The van der Waals surface area contributed by atoms with E-state index >= 15 is 0 Å². The fourth-order valence-electron chi connectivity index (χ4n) is 2.68. The Balaban J connectivity index is 1.59. The standard InChI is InChI=1S/C19H14N4OS/c24-19(18-15-4-2-1-3-13(15)5-7-21-18)23-11-16-17(22-9-8-20-16)14-6-10-25-12-14/h1-10,12H,11H2,(H,23,24). The van der Waals surface area contributed by atoms with Gasteiger partial charge in [-0.3, -0.25) is 19.7 Å². The summed E-state index contributed by atoms with van der Waals surface area (Å²) in [5, 5.41) is 8.74. The van der Waals surface area contributed by atoms with Gasteiger partial charge in [0.15, 0.2) is 0 Å². The van der Waals surface area contributed by atoms with Crippen LogP contribution in [0.5, 0.6) is 0 Å². The van der Waals surface area contributed by atoms with Crippen molar-refractivity contribution in [1.82, 2.24) is 20.3 Å². The summed E-state index contributed by atoms with van der Waals surface area (Å²) in [6, 6.07) is 11.6. The van der Waals surface area contributed by atoms with Crippen LogP contribution in [0.1, 0.15) is 16.2 Å². The molecule has 0 bridgehead atoms. The third-order valence-corrected chi connectivity index (χ3v) is 4.56. The molecule has 3 heterocycles. The van der Waals surface area contributed by atoms with Crippen LogP contribution in [0.15, 0.2) is 65.7 Å². The lowest BCUT2D eigenvalue weighted by molar-refractivity contribution is 0.0947. The van der Waals surface area contributed by atoms with E-state index in [0.717, 1.165) is 27.7 Å². The molecule has 0 aliphatic heterocycles. The molecule has 0 aliphatic carbocycles. The minimum absolute atomic E-state index is 0.223. The Morgan fingerprint density at radius 3 is 2.76 bits per heavy atom. The number of pyridine rings is 1. The maximum Gasteiger partial charge on any atom is 0.270 e. The minimum Gasteiger partial charge on any atom is -0.345 e. The van der Waals surface area contributed by atoms with Gasteiger partial charge in [-0.05, 0) is 22.9 Å². The van der Waals surface area contributed by atoms with Crippen LogP contribution in [-0.4, -0.2) is 20.9 Å². The van der Waals surface area contributed by atoms with Gasteiger partial charge in [-0.2, -0.15) is 11.3 Å². The molecular formula is C19H14N4OS. The maximum absolute atomic E-state index is 12.6. The first kappa shape index (κ1) is 15.4. The van der Waals surface area contributed by atoms with Gasteiger partial charge in [-0.15, -0.1) is 0 Å². The predicted molar refractivity (Wildman–Crippen MR) is 98.3 cm³/mol. The molecule has 4 rings (SSSR count). The second-order valence-electron chi connectivity index (χ2n) is 5.43. The molecule has 3 aromatic heterocycles. The number of thiophene rings is 1. The Morgan fingerprint density at radius 1 is 1.00 bits per heavy atom. The summed E-state index contributed by atoms with van der Waals surface area (Å²) < 4.78 is 0. The van der Waals surface area contributed by atoms with Crippen LogP contribution in [0.2, 0.25) is 0 Å². The highest BCUT2D eigenvalue weighted by Crippen LogP contribution is 2.22. The average Bonchev–Trinajstić information content (AvgIpc) is 3.20. The number of benzene rings is 1. The SMILES string of the molecule is O=C(NCc1nccnc1-c1ccsc1)c1nccc2ccccc12. The van der Waals surface area contributed by atoms with Crippen molar-refractivity contribution in [3.8, 4) is 11.3 Å². The number of amides is 1. The molecule has 0 atom stereocenters. The summed E-state index contributed by atoms with van der Waals surface area (Å²) in [6.45, 7) is 0.294. The molecule has 5 nitrogen and oxygen atoms in total. The van der Waals surface area contributed by atoms with Crippen molar-refractivity contribution in [3.05, 3.63) is 77.1 Å². The molecule has 122 valence electrons. The zero-order valence-corrected chi connectivity index (χ0v) is 14.0. The van der Waals surface area contributed by atoms with Gasteiger partial charge in [0.25, 0.3) is 5.91 Å². The number of nitrogens with zero attached hydrogens (tertiary/aromatic N) is 3. The van der Waals surface area contributed by atoms with Gasteiger partial charge in [0, 0.05) is 34.9 Å². The van der Waals surface area contributed by atoms with Gasteiger partial charge in [-0.1, -0.05) is 24.3 Å². The molecule has 1 N–H and O–H groups in total. The Morgan fingerprint density at radius 2 is 1.88 bits per heavy atom. The van der Waals surface area contributed by atoms with E-state index in [1.54, 1.807) is 29.9 Å². The number of carbonyl (C=O) groups is 1. The Hall–Kier alpha value is -3.12. The van der Waals surface area contributed by atoms with E-state index in [2.05, 4.69) is 20.3 Å². The highest BCUT2D eigenvalue weighted by Gasteiger charge is 2.13. The van der Waals surface area contributed by atoms with E-state index in [0.29, 0.717) is 12.2 Å². The normalized spacial score (nSPS) is 10.7. The summed E-state index contributed by atoms with van der Waals surface area (Å²) in [5.41, 5.74) is 2.94. The molecule has 25 heavy (non-hydrogen) atoms. The maximum atomic E-state index is 12.6. The van der Waals surface area contributed by atoms with Crippen LogP contribution < -0.4 is 5.32 Å². The highest BCUT2D eigenvalue weighted by atomic mass is 32.1. The van der Waals surface area contributed by atoms with Crippen molar-refractivity contribution in [2.75, 3.05) is 0 Å². The minimum atomic E-state index is -0.223. The number of aromatic nitrogens is 3. The number of hydrogen-bond donors (Lipinski definition) is 1. The Kier molecular flexibility index (Phi) is 4.18. The van der Waals surface area contributed by atoms with Crippen molar-refractivity contribution >= 4 is 28.0 Å². The second kappa shape index (κ2) is 6.78. The summed E-state index contributed by atoms with van der Waals surface area (Å²) in [7, 11) is 0. The molecule has 0 fully saturated rings. The van der Waals surface area contributed by atoms with Gasteiger partial charge in [0.2, 0.25) is 0 Å². The van der Waals surface area contributed by atoms with Crippen LogP contribution in [0.3, 0.4) is 0 Å². The van der Waals surface area contributed by atoms with Crippen LogP contribution in [-0.2, 0) is 6.54 Å². The average molecular weight is 346 g/mol. The molecule has 4 aromatic rings. The van der Waals surface area contributed by atoms with Crippen LogP contribution in [0.4, 0.5) is 0 Å².